The maximum Gasteiger partial charge on any atom is 0.194 e. The van der Waals surface area contributed by atoms with E-state index in [1.165, 1.54) is 22.0 Å². The largest absolute Gasteiger partial charge is 0.342 e. The quantitative estimate of drug-likeness (QED) is 0.763. The van der Waals surface area contributed by atoms with Gasteiger partial charge in [-0.1, -0.05) is 36.0 Å². The summed E-state index contributed by atoms with van der Waals surface area (Å²) in [6.45, 7) is 0. The summed E-state index contributed by atoms with van der Waals surface area (Å²) in [4.78, 5) is 7.67. The molecule has 122 valence electrons. The fourth-order valence-electron chi connectivity index (χ4n) is 3.08. The molecule has 0 fully saturated rings. The van der Waals surface area contributed by atoms with Crippen molar-refractivity contribution in [2.75, 3.05) is 35.8 Å². The summed E-state index contributed by atoms with van der Waals surface area (Å²) in [6, 6.07) is 16.7. The van der Waals surface area contributed by atoms with Gasteiger partial charge in [-0.05, 0) is 24.3 Å². The maximum atomic E-state index is 4.50. The summed E-state index contributed by atoms with van der Waals surface area (Å²) in [6.07, 6.45) is 1.83. The lowest BCUT2D eigenvalue weighted by Crippen LogP contribution is -2.22. The van der Waals surface area contributed by atoms with Gasteiger partial charge in [-0.15, -0.1) is 0 Å². The predicted molar refractivity (Wildman–Crippen MR) is 101 cm³/mol. The Labute approximate surface area is 146 Å². The zero-order valence-corrected chi connectivity index (χ0v) is 14.7. The van der Waals surface area contributed by atoms with E-state index in [-0.39, 0.29) is 5.50 Å². The van der Waals surface area contributed by atoms with E-state index in [2.05, 4.69) is 94.6 Å². The van der Waals surface area contributed by atoms with E-state index < -0.39 is 0 Å². The van der Waals surface area contributed by atoms with Crippen molar-refractivity contribution in [1.82, 2.24) is 0 Å². The molecule has 0 bridgehead atoms. The molecule has 0 saturated heterocycles. The van der Waals surface area contributed by atoms with Crippen LogP contribution in [-0.2, 0) is 0 Å². The first-order chi connectivity index (χ1) is 11.7. The Morgan fingerprint density at radius 3 is 2.08 bits per heavy atom. The number of hydrogen-bond donors (Lipinski definition) is 0. The Morgan fingerprint density at radius 1 is 0.875 bits per heavy atom. The van der Waals surface area contributed by atoms with Crippen LogP contribution in [-0.4, -0.2) is 26.6 Å². The van der Waals surface area contributed by atoms with Crippen molar-refractivity contribution in [3.05, 3.63) is 60.6 Å². The van der Waals surface area contributed by atoms with Crippen LogP contribution in [0.3, 0.4) is 0 Å². The second-order valence-corrected chi connectivity index (χ2v) is 6.94. The van der Waals surface area contributed by atoms with Gasteiger partial charge in [0.05, 0.1) is 23.3 Å². The molecule has 0 N–H and O–H groups in total. The standard InChI is InChI=1S/C18H19N5S/c1-21-13-8-4-5-9-14(13)22(2)17(21)12-19-20-18-23(3)15-10-6-7-11-16(15)24-18/h4-12,18H,1-3H3. The molecule has 6 heteroatoms. The number of anilines is 3. The van der Waals surface area contributed by atoms with E-state index >= 15 is 0 Å². The molecule has 1 atom stereocenters. The predicted octanol–water partition coefficient (Wildman–Crippen LogP) is 4.35. The van der Waals surface area contributed by atoms with E-state index in [0.717, 1.165) is 5.82 Å². The third kappa shape index (κ3) is 2.34. The maximum absolute atomic E-state index is 4.50. The van der Waals surface area contributed by atoms with Gasteiger partial charge in [-0.25, -0.2) is 0 Å². The van der Waals surface area contributed by atoms with E-state index in [9.17, 15) is 0 Å². The van der Waals surface area contributed by atoms with Crippen LogP contribution in [0.15, 0.2) is 75.7 Å². The van der Waals surface area contributed by atoms with Crippen LogP contribution in [0.25, 0.3) is 0 Å². The zero-order chi connectivity index (χ0) is 16.7. The van der Waals surface area contributed by atoms with E-state index in [1.807, 2.05) is 6.20 Å². The molecule has 0 radical (unpaired) electrons. The fourth-order valence-corrected chi connectivity index (χ4v) is 4.17. The van der Waals surface area contributed by atoms with Gasteiger partial charge in [0, 0.05) is 26.0 Å². The summed E-state index contributed by atoms with van der Waals surface area (Å²) in [5.41, 5.74) is 3.56. The molecule has 2 aromatic carbocycles. The molecule has 0 amide bonds. The molecule has 0 aliphatic carbocycles. The monoisotopic (exact) mass is 337 g/mol. The van der Waals surface area contributed by atoms with Gasteiger partial charge in [-0.3, -0.25) is 0 Å². The minimum absolute atomic E-state index is 0.0151. The number of nitrogens with zero attached hydrogens (tertiary/aromatic N) is 5. The molecule has 0 aromatic heterocycles. The highest BCUT2D eigenvalue weighted by Gasteiger charge is 2.27. The molecule has 0 spiro atoms. The van der Waals surface area contributed by atoms with Crippen LogP contribution < -0.4 is 14.7 Å². The Kier molecular flexibility index (Phi) is 3.69. The van der Waals surface area contributed by atoms with Crippen LogP contribution >= 0.6 is 11.8 Å². The number of rotatable bonds is 2. The van der Waals surface area contributed by atoms with Gasteiger partial charge >= 0.3 is 0 Å². The lowest BCUT2D eigenvalue weighted by atomic mass is 10.3. The van der Waals surface area contributed by atoms with Gasteiger partial charge < -0.3 is 14.7 Å². The minimum Gasteiger partial charge on any atom is -0.342 e. The Morgan fingerprint density at radius 2 is 1.46 bits per heavy atom. The molecule has 1 unspecified atom stereocenters. The van der Waals surface area contributed by atoms with Crippen molar-refractivity contribution in [2.45, 2.75) is 10.4 Å². The lowest BCUT2D eigenvalue weighted by molar-refractivity contribution is 0.830. The SMILES string of the molecule is CN1C(=CN=NC2Sc3ccccc3N2C)N(C)c2ccccc21. The molecule has 5 nitrogen and oxygen atoms in total. The molecule has 24 heavy (non-hydrogen) atoms. The normalized spacial score (nSPS) is 19.2. The van der Waals surface area contributed by atoms with Gasteiger partial charge in [0.2, 0.25) is 0 Å². The van der Waals surface area contributed by atoms with Crippen molar-refractivity contribution in [1.29, 1.82) is 0 Å². The van der Waals surface area contributed by atoms with Crippen LogP contribution in [0.4, 0.5) is 17.1 Å². The molecular weight excluding hydrogens is 318 g/mol. The van der Waals surface area contributed by atoms with E-state index in [1.54, 1.807) is 11.8 Å². The highest BCUT2D eigenvalue weighted by Crippen LogP contribution is 2.43. The van der Waals surface area contributed by atoms with Crippen LogP contribution in [0.1, 0.15) is 0 Å². The second kappa shape index (κ2) is 5.87. The number of azo groups is 1. The average molecular weight is 337 g/mol. The van der Waals surface area contributed by atoms with E-state index in [0.29, 0.717) is 0 Å². The average Bonchev–Trinajstić information content (AvgIpc) is 3.05. The molecule has 4 rings (SSSR count). The Hall–Kier alpha value is -2.47. The highest BCUT2D eigenvalue weighted by molar-refractivity contribution is 8.00. The van der Waals surface area contributed by atoms with Gasteiger partial charge in [0.25, 0.3) is 0 Å². The minimum atomic E-state index is -0.0151. The third-order valence-corrected chi connectivity index (χ3v) is 5.66. The van der Waals surface area contributed by atoms with Crippen molar-refractivity contribution in [3.63, 3.8) is 0 Å². The smallest absolute Gasteiger partial charge is 0.194 e. The summed E-state index contributed by atoms with van der Waals surface area (Å²) >= 11 is 1.72. The summed E-state index contributed by atoms with van der Waals surface area (Å²) in [5.74, 6) is 1.02. The summed E-state index contributed by atoms with van der Waals surface area (Å²) in [5, 5.41) is 8.87. The molecular formula is C18H19N5S. The van der Waals surface area contributed by atoms with Crippen LogP contribution in [0.5, 0.6) is 0 Å². The van der Waals surface area contributed by atoms with Crippen molar-refractivity contribution >= 4 is 28.8 Å². The number of para-hydroxylation sites is 3. The number of benzene rings is 2. The van der Waals surface area contributed by atoms with Gasteiger partial charge in [-0.2, -0.15) is 10.2 Å². The van der Waals surface area contributed by atoms with Crippen molar-refractivity contribution < 1.29 is 0 Å². The molecule has 2 heterocycles. The number of thioether (sulfide) groups is 1. The molecule has 2 aliphatic rings. The van der Waals surface area contributed by atoms with E-state index in [4.69, 9.17) is 0 Å². The molecule has 2 aliphatic heterocycles. The van der Waals surface area contributed by atoms with Crippen molar-refractivity contribution in [3.8, 4) is 0 Å². The fraction of sp³-hybridized carbons (Fsp3) is 0.222. The zero-order valence-electron chi connectivity index (χ0n) is 13.9. The Balaban J connectivity index is 1.53. The lowest BCUT2D eigenvalue weighted by Gasteiger charge is -2.18. The highest BCUT2D eigenvalue weighted by atomic mass is 32.2. The second-order valence-electron chi connectivity index (χ2n) is 5.85. The van der Waals surface area contributed by atoms with Crippen molar-refractivity contribution in [2.24, 2.45) is 10.2 Å². The summed E-state index contributed by atoms with van der Waals surface area (Å²) in [7, 11) is 6.16. The first kappa shape index (κ1) is 15.1. The summed E-state index contributed by atoms with van der Waals surface area (Å²) < 4.78 is 0. The van der Waals surface area contributed by atoms with Gasteiger partial charge in [0.1, 0.15) is 5.82 Å². The molecule has 0 saturated carbocycles. The van der Waals surface area contributed by atoms with Gasteiger partial charge in [0.15, 0.2) is 5.50 Å². The topological polar surface area (TPSA) is 34.4 Å². The Bertz CT molecular complexity index is 801. The first-order valence-electron chi connectivity index (χ1n) is 7.82. The first-order valence-corrected chi connectivity index (χ1v) is 8.70. The third-order valence-electron chi connectivity index (χ3n) is 4.44. The molecule has 2 aromatic rings. The van der Waals surface area contributed by atoms with Crippen LogP contribution in [0.2, 0.25) is 0 Å². The number of fused-ring (bicyclic) bond motifs is 2. The van der Waals surface area contributed by atoms with Crippen LogP contribution in [0, 0.1) is 0 Å². The number of hydrogen-bond acceptors (Lipinski definition) is 6.